The van der Waals surface area contributed by atoms with E-state index in [0.717, 1.165) is 18.0 Å². The molecule has 80 valence electrons. The van der Waals surface area contributed by atoms with Crippen LogP contribution in [0.3, 0.4) is 0 Å². The van der Waals surface area contributed by atoms with Crippen LogP contribution >= 0.6 is 0 Å². The molecular weight excluding hydrogens is 182 g/mol. The summed E-state index contributed by atoms with van der Waals surface area (Å²) in [7, 11) is 0. The van der Waals surface area contributed by atoms with Crippen LogP contribution in [0.1, 0.15) is 31.2 Å². The molecule has 0 spiro atoms. The SMILES string of the molecule is c1ccc(CC2C[C@H]3CC[C@H](C2)N3)cc1. The molecule has 0 aliphatic carbocycles. The monoisotopic (exact) mass is 201 g/mol. The van der Waals surface area contributed by atoms with Gasteiger partial charge in [-0.15, -0.1) is 0 Å². The number of hydrogen-bond donors (Lipinski definition) is 1. The highest BCUT2D eigenvalue weighted by atomic mass is 15.0. The fourth-order valence-corrected chi connectivity index (χ4v) is 3.29. The van der Waals surface area contributed by atoms with E-state index >= 15 is 0 Å². The number of fused-ring (bicyclic) bond motifs is 2. The first-order valence-electron chi connectivity index (χ1n) is 6.20. The van der Waals surface area contributed by atoms with Gasteiger partial charge in [-0.3, -0.25) is 0 Å². The van der Waals surface area contributed by atoms with Crippen molar-refractivity contribution in [2.75, 3.05) is 0 Å². The Morgan fingerprint density at radius 2 is 1.67 bits per heavy atom. The van der Waals surface area contributed by atoms with Crippen molar-refractivity contribution < 1.29 is 0 Å². The third-order valence-electron chi connectivity index (χ3n) is 3.94. The van der Waals surface area contributed by atoms with Crippen LogP contribution in [0.25, 0.3) is 0 Å². The van der Waals surface area contributed by atoms with E-state index in [4.69, 9.17) is 0 Å². The molecule has 2 atom stereocenters. The van der Waals surface area contributed by atoms with Crippen LogP contribution in [0.4, 0.5) is 0 Å². The molecule has 2 heterocycles. The topological polar surface area (TPSA) is 12.0 Å². The van der Waals surface area contributed by atoms with Gasteiger partial charge in [0.2, 0.25) is 0 Å². The molecule has 2 saturated heterocycles. The van der Waals surface area contributed by atoms with Gasteiger partial charge in [-0.25, -0.2) is 0 Å². The summed E-state index contributed by atoms with van der Waals surface area (Å²) >= 11 is 0. The summed E-state index contributed by atoms with van der Waals surface area (Å²) in [5, 5.41) is 3.71. The van der Waals surface area contributed by atoms with Gasteiger partial charge in [-0.1, -0.05) is 30.3 Å². The van der Waals surface area contributed by atoms with Crippen LogP contribution in [-0.4, -0.2) is 12.1 Å². The number of piperidine rings is 1. The Morgan fingerprint density at radius 1 is 1.00 bits per heavy atom. The fraction of sp³-hybridized carbons (Fsp3) is 0.571. The van der Waals surface area contributed by atoms with Crippen LogP contribution in [0.15, 0.2) is 30.3 Å². The van der Waals surface area contributed by atoms with Crippen molar-refractivity contribution >= 4 is 0 Å². The van der Waals surface area contributed by atoms with Crippen LogP contribution in [0.2, 0.25) is 0 Å². The second kappa shape index (κ2) is 3.97. The summed E-state index contributed by atoms with van der Waals surface area (Å²) in [5.74, 6) is 0.922. The van der Waals surface area contributed by atoms with Gasteiger partial charge < -0.3 is 5.32 Å². The molecule has 1 N–H and O–H groups in total. The zero-order valence-electron chi connectivity index (χ0n) is 9.15. The van der Waals surface area contributed by atoms with Crippen LogP contribution < -0.4 is 5.32 Å². The first-order valence-corrected chi connectivity index (χ1v) is 6.20. The summed E-state index contributed by atoms with van der Waals surface area (Å²) < 4.78 is 0. The van der Waals surface area contributed by atoms with Gasteiger partial charge in [-0.2, -0.15) is 0 Å². The maximum Gasteiger partial charge on any atom is 0.00729 e. The van der Waals surface area contributed by atoms with E-state index in [1.165, 1.54) is 37.7 Å². The maximum absolute atomic E-state index is 3.71. The van der Waals surface area contributed by atoms with E-state index in [9.17, 15) is 0 Å². The average molecular weight is 201 g/mol. The Labute approximate surface area is 91.9 Å². The van der Waals surface area contributed by atoms with Gasteiger partial charge in [-0.05, 0) is 43.6 Å². The van der Waals surface area contributed by atoms with E-state index in [2.05, 4.69) is 35.6 Å². The second-order valence-corrected chi connectivity index (χ2v) is 5.17. The molecule has 0 unspecified atom stereocenters. The molecule has 2 aliphatic rings. The van der Waals surface area contributed by atoms with Gasteiger partial charge in [0.05, 0.1) is 0 Å². The molecule has 3 rings (SSSR count). The molecule has 0 amide bonds. The first-order chi connectivity index (χ1) is 7.40. The summed E-state index contributed by atoms with van der Waals surface area (Å²) in [4.78, 5) is 0. The quantitative estimate of drug-likeness (QED) is 0.776. The van der Waals surface area contributed by atoms with E-state index in [1.54, 1.807) is 0 Å². The second-order valence-electron chi connectivity index (χ2n) is 5.17. The molecule has 0 aromatic heterocycles. The Balaban J connectivity index is 1.65. The van der Waals surface area contributed by atoms with Crippen molar-refractivity contribution in [1.82, 2.24) is 5.32 Å². The number of rotatable bonds is 2. The van der Waals surface area contributed by atoms with Crippen molar-refractivity contribution in [1.29, 1.82) is 0 Å². The highest BCUT2D eigenvalue weighted by molar-refractivity contribution is 5.15. The third-order valence-corrected chi connectivity index (χ3v) is 3.94. The Morgan fingerprint density at radius 3 is 2.33 bits per heavy atom. The van der Waals surface area contributed by atoms with Crippen LogP contribution in [0, 0.1) is 5.92 Å². The average Bonchev–Trinajstić information content (AvgIpc) is 2.60. The Bertz CT molecular complexity index is 307. The smallest absolute Gasteiger partial charge is 0.00729 e. The minimum absolute atomic E-state index is 0.831. The molecule has 1 nitrogen and oxygen atoms in total. The van der Waals surface area contributed by atoms with E-state index in [-0.39, 0.29) is 0 Å². The standard InChI is InChI=1S/C14H19N/c1-2-4-11(5-3-1)8-12-9-13-6-7-14(10-12)15-13/h1-5,12-15H,6-10H2/t13-,14-/m1/s1. The molecule has 2 fully saturated rings. The van der Waals surface area contributed by atoms with Crippen molar-refractivity contribution in [3.63, 3.8) is 0 Å². The maximum atomic E-state index is 3.71. The molecule has 1 aromatic rings. The van der Waals surface area contributed by atoms with Gasteiger partial charge in [0.1, 0.15) is 0 Å². The molecule has 1 aromatic carbocycles. The van der Waals surface area contributed by atoms with Gasteiger partial charge in [0, 0.05) is 12.1 Å². The van der Waals surface area contributed by atoms with Crippen molar-refractivity contribution in [2.24, 2.45) is 5.92 Å². The lowest BCUT2D eigenvalue weighted by atomic mass is 9.87. The minimum atomic E-state index is 0.831. The fourth-order valence-electron chi connectivity index (χ4n) is 3.29. The Kier molecular flexibility index (Phi) is 2.49. The lowest BCUT2D eigenvalue weighted by Gasteiger charge is -2.29. The largest absolute Gasteiger partial charge is 0.311 e. The van der Waals surface area contributed by atoms with Crippen LogP contribution in [-0.2, 0) is 6.42 Å². The molecule has 15 heavy (non-hydrogen) atoms. The molecule has 0 radical (unpaired) electrons. The van der Waals surface area contributed by atoms with E-state index in [0.29, 0.717) is 0 Å². The van der Waals surface area contributed by atoms with Gasteiger partial charge in [0.25, 0.3) is 0 Å². The lowest BCUT2D eigenvalue weighted by Crippen LogP contribution is -2.38. The highest BCUT2D eigenvalue weighted by Gasteiger charge is 2.33. The zero-order valence-corrected chi connectivity index (χ0v) is 9.15. The molecule has 1 heteroatoms. The van der Waals surface area contributed by atoms with Gasteiger partial charge in [0.15, 0.2) is 0 Å². The molecule has 2 bridgehead atoms. The van der Waals surface area contributed by atoms with E-state index in [1.807, 2.05) is 0 Å². The highest BCUT2D eigenvalue weighted by Crippen LogP contribution is 2.32. The summed E-state index contributed by atoms with van der Waals surface area (Å²) in [5.41, 5.74) is 1.52. The lowest BCUT2D eigenvalue weighted by molar-refractivity contribution is 0.298. The molecular formula is C14H19N. The number of nitrogens with one attached hydrogen (secondary N) is 1. The van der Waals surface area contributed by atoms with E-state index < -0.39 is 0 Å². The molecule has 2 aliphatic heterocycles. The zero-order chi connectivity index (χ0) is 10.1. The Hall–Kier alpha value is -0.820. The summed E-state index contributed by atoms with van der Waals surface area (Å²) in [6, 6.07) is 12.6. The number of hydrogen-bond acceptors (Lipinski definition) is 1. The predicted octanol–water partition coefficient (Wildman–Crippen LogP) is 2.76. The summed E-state index contributed by atoms with van der Waals surface area (Å²) in [6.07, 6.45) is 6.90. The van der Waals surface area contributed by atoms with Crippen LogP contribution in [0.5, 0.6) is 0 Å². The van der Waals surface area contributed by atoms with Crippen molar-refractivity contribution in [3.8, 4) is 0 Å². The van der Waals surface area contributed by atoms with Crippen molar-refractivity contribution in [3.05, 3.63) is 35.9 Å². The third kappa shape index (κ3) is 2.07. The molecule has 0 saturated carbocycles. The van der Waals surface area contributed by atoms with Crippen molar-refractivity contribution in [2.45, 2.75) is 44.2 Å². The normalized spacial score (nSPS) is 34.3. The first kappa shape index (κ1) is 9.41. The summed E-state index contributed by atoms with van der Waals surface area (Å²) in [6.45, 7) is 0. The number of benzene rings is 1. The van der Waals surface area contributed by atoms with Gasteiger partial charge >= 0.3 is 0 Å². The predicted molar refractivity (Wildman–Crippen MR) is 62.8 cm³/mol. The minimum Gasteiger partial charge on any atom is -0.311 e.